The van der Waals surface area contributed by atoms with Crippen LogP contribution in [0.4, 0.5) is 74.6 Å². The molecule has 55 heavy (non-hydrogen) atoms. The summed E-state index contributed by atoms with van der Waals surface area (Å²) in [4.78, 5) is 36.8. The van der Waals surface area contributed by atoms with Gasteiger partial charge in [-0.2, -0.15) is 74.6 Å². The molecule has 24 heteroatoms. The van der Waals surface area contributed by atoms with Gasteiger partial charge < -0.3 is 19.3 Å². The van der Waals surface area contributed by atoms with E-state index in [0.717, 1.165) is 30.3 Å². The number of aromatic carboxylic acids is 1. The Kier molecular flexibility index (Phi) is 11.8. The summed E-state index contributed by atoms with van der Waals surface area (Å²) in [7, 11) is 0. The number of carboxylic acids is 1. The van der Waals surface area contributed by atoms with Crippen molar-refractivity contribution in [2.24, 2.45) is 0 Å². The van der Waals surface area contributed by atoms with Crippen LogP contribution in [0.15, 0.2) is 72.8 Å². The second kappa shape index (κ2) is 14.7. The van der Waals surface area contributed by atoms with E-state index < -0.39 is 107 Å². The number of benzene rings is 3. The molecular weight excluding hydrogens is 807 g/mol. The summed E-state index contributed by atoms with van der Waals surface area (Å²) in [5.41, 5.74) is -1.49. The molecule has 3 aromatic carbocycles. The van der Waals surface area contributed by atoms with Crippen LogP contribution >= 0.6 is 0 Å². The van der Waals surface area contributed by atoms with E-state index in [-0.39, 0.29) is 5.75 Å². The van der Waals surface area contributed by atoms with Crippen LogP contribution in [0.3, 0.4) is 0 Å². The summed E-state index contributed by atoms with van der Waals surface area (Å²) < 4.78 is 243. The molecule has 0 heterocycles. The van der Waals surface area contributed by atoms with E-state index in [1.54, 1.807) is 6.07 Å². The number of alkyl halides is 17. The molecule has 0 amide bonds. The topological polar surface area (TPSA) is 99.1 Å². The third-order valence-corrected chi connectivity index (χ3v) is 7.16. The molecule has 302 valence electrons. The first kappa shape index (κ1) is 44.1. The number of esters is 2. The van der Waals surface area contributed by atoms with E-state index in [1.807, 2.05) is 0 Å². The van der Waals surface area contributed by atoms with Gasteiger partial charge in [-0.15, -0.1) is 0 Å². The maximum atomic E-state index is 14.2. The molecule has 0 unspecified atom stereocenters. The molecule has 0 fully saturated rings. The molecule has 0 aliphatic rings. The summed E-state index contributed by atoms with van der Waals surface area (Å²) in [6.07, 6.45) is -10.7. The molecule has 3 aromatic rings. The predicted molar refractivity (Wildman–Crippen MR) is 147 cm³/mol. The molecule has 0 saturated carbocycles. The van der Waals surface area contributed by atoms with Gasteiger partial charge in [-0.1, -0.05) is 18.2 Å². The first-order valence-corrected chi connectivity index (χ1v) is 14.2. The van der Waals surface area contributed by atoms with E-state index in [0.29, 0.717) is 12.1 Å². The highest BCUT2D eigenvalue weighted by atomic mass is 19.4. The van der Waals surface area contributed by atoms with Crippen molar-refractivity contribution in [3.8, 4) is 17.2 Å². The van der Waals surface area contributed by atoms with Gasteiger partial charge in [0.15, 0.2) is 0 Å². The summed E-state index contributed by atoms with van der Waals surface area (Å²) >= 11 is 0. The zero-order valence-electron chi connectivity index (χ0n) is 26.2. The Hall–Kier alpha value is -5.32. The fourth-order valence-corrected chi connectivity index (χ4v) is 4.06. The van der Waals surface area contributed by atoms with Crippen molar-refractivity contribution in [3.05, 3.63) is 89.5 Å². The first-order valence-electron chi connectivity index (χ1n) is 14.2. The quantitative estimate of drug-likeness (QED) is 0.0927. The summed E-state index contributed by atoms with van der Waals surface area (Å²) in [5.74, 6) is -62.5. The van der Waals surface area contributed by atoms with Gasteiger partial charge >= 0.3 is 65.5 Å². The minimum atomic E-state index is -8.74. The molecule has 0 aliphatic heterocycles. The number of ether oxygens (including phenoxy) is 3. The number of hydrogen-bond acceptors (Lipinski definition) is 6. The Morgan fingerprint density at radius 2 is 0.982 bits per heavy atom. The first-order chi connectivity index (χ1) is 24.9. The van der Waals surface area contributed by atoms with E-state index in [4.69, 9.17) is 9.47 Å². The lowest BCUT2D eigenvalue weighted by Crippen LogP contribution is -2.74. The minimum Gasteiger partial charge on any atom is -0.493 e. The summed E-state index contributed by atoms with van der Waals surface area (Å²) in [6, 6.07) is 12.7. The lowest BCUT2D eigenvalue weighted by molar-refractivity contribution is -0.461. The van der Waals surface area contributed by atoms with Gasteiger partial charge in [-0.05, 0) is 54.6 Å². The third kappa shape index (κ3) is 7.93. The van der Waals surface area contributed by atoms with Crippen molar-refractivity contribution in [2.45, 2.75) is 54.1 Å². The fourth-order valence-electron chi connectivity index (χ4n) is 4.06. The predicted octanol–water partition coefficient (Wildman–Crippen LogP) is 9.60. The largest absolute Gasteiger partial charge is 0.493 e. The molecular formula is C31H17F17O7. The highest BCUT2D eigenvalue weighted by molar-refractivity contribution is 5.99. The number of rotatable bonds is 15. The van der Waals surface area contributed by atoms with Crippen molar-refractivity contribution in [2.75, 3.05) is 6.61 Å². The van der Waals surface area contributed by atoms with Crippen LogP contribution in [-0.2, 0) is 0 Å². The Bertz CT molecular complexity index is 1880. The van der Waals surface area contributed by atoms with E-state index in [9.17, 15) is 94.1 Å². The average molecular weight is 824 g/mol. The second-order valence-corrected chi connectivity index (χ2v) is 10.9. The SMILES string of the molecule is O=C(O)c1ccc(OC(=O)c2ccc(OCCC(F)(F)C(F)(F)C(F)(F)C(F)(F)C(F)(F)C(F)(F)C(F)(F)C(F)(F)F)cc2)c(C(=O)Oc2ccccc2)c1. The van der Waals surface area contributed by atoms with Gasteiger partial charge in [0.2, 0.25) is 0 Å². The number of para-hydroxylation sites is 1. The van der Waals surface area contributed by atoms with Crippen molar-refractivity contribution in [1.29, 1.82) is 0 Å². The van der Waals surface area contributed by atoms with Gasteiger partial charge in [0, 0.05) is 0 Å². The monoisotopic (exact) mass is 824 g/mol. The maximum Gasteiger partial charge on any atom is 0.460 e. The molecule has 0 aromatic heterocycles. The number of carbonyl (C=O) groups is 3. The fraction of sp³-hybridized carbons (Fsp3) is 0.323. The van der Waals surface area contributed by atoms with Crippen LogP contribution in [0.1, 0.15) is 37.5 Å². The highest BCUT2D eigenvalue weighted by Gasteiger charge is 2.95. The number of carbonyl (C=O) groups excluding carboxylic acids is 2. The van der Waals surface area contributed by atoms with Crippen LogP contribution in [0.25, 0.3) is 0 Å². The van der Waals surface area contributed by atoms with E-state index >= 15 is 0 Å². The standard InChI is InChI=1S/C31H17F17O7/c32-24(33,25(34,35)26(36,37)27(38,39)28(40,41)29(42,43)30(44,45)31(46,47)48)12-13-53-17-9-6-15(7-10-17)22(51)55-20-11-8-16(21(49)50)14-19(20)23(52)54-18-4-2-1-3-5-18/h1-11,14H,12-13H2,(H,49,50). The molecule has 0 bridgehead atoms. The summed E-state index contributed by atoms with van der Waals surface area (Å²) in [6.45, 7) is -1.92. The maximum absolute atomic E-state index is 14.2. The van der Waals surface area contributed by atoms with Gasteiger partial charge in [0.25, 0.3) is 0 Å². The Morgan fingerprint density at radius 3 is 1.47 bits per heavy atom. The molecule has 0 radical (unpaired) electrons. The molecule has 0 saturated heterocycles. The molecule has 0 spiro atoms. The zero-order chi connectivity index (χ0) is 42.2. The van der Waals surface area contributed by atoms with Crippen molar-refractivity contribution in [1.82, 2.24) is 0 Å². The number of carboxylic acid groups (broad SMARTS) is 1. The second-order valence-electron chi connectivity index (χ2n) is 10.9. The van der Waals surface area contributed by atoms with Gasteiger partial charge in [-0.3, -0.25) is 0 Å². The lowest BCUT2D eigenvalue weighted by Gasteiger charge is -2.42. The van der Waals surface area contributed by atoms with Gasteiger partial charge in [0.1, 0.15) is 22.8 Å². The summed E-state index contributed by atoms with van der Waals surface area (Å²) in [5, 5.41) is 9.25. The minimum absolute atomic E-state index is 0.00682. The van der Waals surface area contributed by atoms with Crippen LogP contribution in [0.5, 0.6) is 17.2 Å². The number of hydrogen-bond donors (Lipinski definition) is 1. The Balaban J connectivity index is 1.75. The van der Waals surface area contributed by atoms with E-state index in [1.165, 1.54) is 24.3 Å². The van der Waals surface area contributed by atoms with Crippen molar-refractivity contribution < 1.29 is 108 Å². The van der Waals surface area contributed by atoms with E-state index in [2.05, 4.69) is 4.74 Å². The Labute approximate surface area is 294 Å². The molecule has 1 N–H and O–H groups in total. The lowest BCUT2D eigenvalue weighted by atomic mass is 9.88. The van der Waals surface area contributed by atoms with Gasteiger partial charge in [-0.25, -0.2) is 14.4 Å². The van der Waals surface area contributed by atoms with Crippen LogP contribution in [0, 0.1) is 0 Å². The normalized spacial score (nSPS) is 13.6. The Morgan fingerprint density at radius 1 is 0.509 bits per heavy atom. The molecule has 3 rings (SSSR count). The number of halogens is 17. The zero-order valence-corrected chi connectivity index (χ0v) is 26.2. The molecule has 0 aliphatic carbocycles. The smallest absolute Gasteiger partial charge is 0.460 e. The van der Waals surface area contributed by atoms with Crippen LogP contribution < -0.4 is 14.2 Å². The van der Waals surface area contributed by atoms with Crippen molar-refractivity contribution >= 4 is 17.9 Å². The third-order valence-electron chi connectivity index (χ3n) is 7.16. The molecule has 0 atom stereocenters. The average Bonchev–Trinajstić information content (AvgIpc) is 3.07. The highest BCUT2D eigenvalue weighted by Crippen LogP contribution is 2.64. The molecule has 7 nitrogen and oxygen atoms in total. The van der Waals surface area contributed by atoms with Gasteiger partial charge in [0.05, 0.1) is 24.2 Å². The van der Waals surface area contributed by atoms with Crippen molar-refractivity contribution in [3.63, 3.8) is 0 Å². The van der Waals surface area contributed by atoms with Crippen LogP contribution in [0.2, 0.25) is 0 Å². The van der Waals surface area contributed by atoms with Crippen LogP contribution in [-0.4, -0.2) is 77.3 Å².